The summed E-state index contributed by atoms with van der Waals surface area (Å²) in [5, 5.41) is 12.8. The quantitative estimate of drug-likeness (QED) is 0.532. The summed E-state index contributed by atoms with van der Waals surface area (Å²) in [6, 6.07) is 5.78. The maximum absolute atomic E-state index is 11.2. The van der Waals surface area contributed by atoms with Crippen molar-refractivity contribution in [3.05, 3.63) is 59.0 Å². The van der Waals surface area contributed by atoms with E-state index in [0.717, 1.165) is 40.5 Å². The molecule has 1 fully saturated rings. The summed E-state index contributed by atoms with van der Waals surface area (Å²) < 4.78 is 7.91. The number of aliphatic hydroxyl groups excluding tert-OH is 1. The molecule has 1 aliphatic heterocycles. The molecule has 3 atom stereocenters. The molecule has 0 aliphatic carbocycles. The number of hydrogen-bond donors (Lipinski definition) is 1. The lowest BCUT2D eigenvalue weighted by Crippen LogP contribution is -2.27. The molecule has 0 radical (unpaired) electrons. The molecule has 0 bridgehead atoms. The third kappa shape index (κ3) is 3.33. The number of imidazole rings is 1. The minimum Gasteiger partial charge on any atom is -0.379 e. The molecule has 7 nitrogen and oxygen atoms in total. The van der Waals surface area contributed by atoms with Gasteiger partial charge in [-0.1, -0.05) is 11.6 Å². The fourth-order valence-corrected chi connectivity index (χ4v) is 4.39. The summed E-state index contributed by atoms with van der Waals surface area (Å²) in [5.74, 6) is 0.538. The zero-order chi connectivity index (χ0) is 20.8. The number of rotatable bonds is 3. The number of hydrogen-bond acceptors (Lipinski definition) is 6. The highest BCUT2D eigenvalue weighted by Gasteiger charge is 2.30. The zero-order valence-corrected chi connectivity index (χ0v) is 17.5. The second-order valence-electron chi connectivity index (χ2n) is 7.84. The number of benzene rings is 1. The van der Waals surface area contributed by atoms with E-state index in [4.69, 9.17) is 21.3 Å². The summed E-state index contributed by atoms with van der Waals surface area (Å²) >= 11 is 6.32. The average Bonchev–Trinajstić information content (AvgIpc) is 3.14. The first-order valence-corrected chi connectivity index (χ1v) is 10.4. The number of halogens is 1. The van der Waals surface area contributed by atoms with E-state index in [1.54, 1.807) is 18.6 Å². The van der Waals surface area contributed by atoms with E-state index >= 15 is 0 Å². The van der Waals surface area contributed by atoms with Gasteiger partial charge in [0.2, 0.25) is 0 Å². The highest BCUT2D eigenvalue weighted by molar-refractivity contribution is 6.31. The lowest BCUT2D eigenvalue weighted by Gasteiger charge is -2.30. The predicted octanol–water partition coefficient (Wildman–Crippen LogP) is 4.16. The van der Waals surface area contributed by atoms with Crippen LogP contribution in [0, 0.1) is 6.92 Å². The number of fused-ring (bicyclic) bond motifs is 3. The van der Waals surface area contributed by atoms with E-state index in [1.165, 1.54) is 0 Å². The number of pyridine rings is 1. The molecule has 0 amide bonds. The maximum Gasteiger partial charge on any atom is 0.155 e. The Hall–Kier alpha value is -2.61. The van der Waals surface area contributed by atoms with Crippen LogP contribution in [0.5, 0.6) is 0 Å². The van der Waals surface area contributed by atoms with Crippen LogP contribution >= 0.6 is 11.6 Å². The van der Waals surface area contributed by atoms with E-state index < -0.39 is 6.10 Å². The lowest BCUT2D eigenvalue weighted by molar-refractivity contribution is 0.00517. The van der Waals surface area contributed by atoms with Gasteiger partial charge in [-0.25, -0.2) is 4.98 Å². The van der Waals surface area contributed by atoms with Gasteiger partial charge in [-0.2, -0.15) is 0 Å². The SMILES string of the molecule is Cc1cnc(C(O)c2nc3cnc4ccc(Cl)cc4c3n2[C@@H]2CCO[C@H](C)C2)cn1. The fraction of sp³-hybridized carbons (Fsp3) is 0.364. The van der Waals surface area contributed by atoms with E-state index in [-0.39, 0.29) is 12.1 Å². The summed E-state index contributed by atoms with van der Waals surface area (Å²) in [6.45, 7) is 4.60. The average molecular weight is 424 g/mol. The van der Waals surface area contributed by atoms with Gasteiger partial charge < -0.3 is 14.4 Å². The smallest absolute Gasteiger partial charge is 0.155 e. The Morgan fingerprint density at radius 2 is 2.03 bits per heavy atom. The van der Waals surface area contributed by atoms with Crippen LogP contribution in [0.2, 0.25) is 5.02 Å². The Morgan fingerprint density at radius 3 is 2.80 bits per heavy atom. The predicted molar refractivity (Wildman–Crippen MR) is 115 cm³/mol. The Kier molecular flexibility index (Phi) is 4.89. The van der Waals surface area contributed by atoms with Crippen LogP contribution in [-0.4, -0.2) is 42.3 Å². The van der Waals surface area contributed by atoms with Gasteiger partial charge in [0.1, 0.15) is 11.3 Å². The van der Waals surface area contributed by atoms with Gasteiger partial charge in [-0.15, -0.1) is 0 Å². The van der Waals surface area contributed by atoms with Crippen LogP contribution in [-0.2, 0) is 4.74 Å². The molecule has 1 unspecified atom stereocenters. The van der Waals surface area contributed by atoms with Crippen LogP contribution in [0.3, 0.4) is 0 Å². The van der Waals surface area contributed by atoms with Gasteiger partial charge in [0, 0.05) is 29.3 Å². The first-order valence-electron chi connectivity index (χ1n) is 10.1. The molecule has 1 N–H and O–H groups in total. The van der Waals surface area contributed by atoms with Gasteiger partial charge >= 0.3 is 0 Å². The van der Waals surface area contributed by atoms with Gasteiger partial charge in [0.05, 0.1) is 40.9 Å². The van der Waals surface area contributed by atoms with Crippen molar-refractivity contribution in [1.82, 2.24) is 24.5 Å². The van der Waals surface area contributed by atoms with Gasteiger partial charge in [0.15, 0.2) is 6.10 Å². The van der Waals surface area contributed by atoms with Crippen molar-refractivity contribution >= 4 is 33.5 Å². The Morgan fingerprint density at radius 1 is 1.17 bits per heavy atom. The molecule has 5 rings (SSSR count). The third-order valence-electron chi connectivity index (χ3n) is 5.65. The Bertz CT molecular complexity index is 1220. The number of aromatic nitrogens is 5. The molecule has 1 aliphatic rings. The van der Waals surface area contributed by atoms with E-state index in [0.29, 0.717) is 23.1 Å². The van der Waals surface area contributed by atoms with Crippen LogP contribution in [0.1, 0.15) is 49.1 Å². The first kappa shape index (κ1) is 19.4. The molecular formula is C22H22ClN5O2. The summed E-state index contributed by atoms with van der Waals surface area (Å²) in [4.78, 5) is 18.0. The highest BCUT2D eigenvalue weighted by atomic mass is 35.5. The van der Waals surface area contributed by atoms with Crippen molar-refractivity contribution in [3.8, 4) is 0 Å². The zero-order valence-electron chi connectivity index (χ0n) is 16.8. The van der Waals surface area contributed by atoms with Crippen molar-refractivity contribution in [2.24, 2.45) is 0 Å². The molecule has 30 heavy (non-hydrogen) atoms. The fourth-order valence-electron chi connectivity index (χ4n) is 4.21. The molecule has 3 aromatic heterocycles. The summed E-state index contributed by atoms with van der Waals surface area (Å²) in [6.07, 6.45) is 5.79. The summed E-state index contributed by atoms with van der Waals surface area (Å²) in [5.41, 5.74) is 3.74. The minimum atomic E-state index is -1.00. The second kappa shape index (κ2) is 7.58. The standard InChI is InChI=1S/C22H22ClN5O2/c1-12-9-25-19(11-24-12)21(29)22-27-18-10-26-17-4-3-14(23)8-16(17)20(18)28(22)15-5-6-30-13(2)7-15/h3-4,8-11,13,15,21,29H,5-7H2,1-2H3/t13-,15-,21?/m1/s1. The van der Waals surface area contributed by atoms with Crippen molar-refractivity contribution in [3.63, 3.8) is 0 Å². The number of aliphatic hydroxyl groups is 1. The normalized spacial score (nSPS) is 20.7. The van der Waals surface area contributed by atoms with Crippen molar-refractivity contribution in [2.75, 3.05) is 6.61 Å². The van der Waals surface area contributed by atoms with E-state index in [9.17, 15) is 5.11 Å². The lowest BCUT2D eigenvalue weighted by atomic mass is 10.0. The molecule has 0 spiro atoms. The van der Waals surface area contributed by atoms with E-state index in [1.807, 2.05) is 25.1 Å². The second-order valence-corrected chi connectivity index (χ2v) is 8.27. The van der Waals surface area contributed by atoms with Crippen molar-refractivity contribution in [2.45, 2.75) is 44.9 Å². The van der Waals surface area contributed by atoms with E-state index in [2.05, 4.69) is 26.4 Å². The Balaban J connectivity index is 1.77. The van der Waals surface area contributed by atoms with Crippen LogP contribution in [0.4, 0.5) is 0 Å². The van der Waals surface area contributed by atoms with Gasteiger partial charge in [0.25, 0.3) is 0 Å². The monoisotopic (exact) mass is 423 g/mol. The minimum absolute atomic E-state index is 0.127. The van der Waals surface area contributed by atoms with Crippen LogP contribution < -0.4 is 0 Å². The number of nitrogens with zero attached hydrogens (tertiary/aromatic N) is 5. The van der Waals surface area contributed by atoms with Gasteiger partial charge in [-0.05, 0) is 44.9 Å². The van der Waals surface area contributed by atoms with Crippen molar-refractivity contribution < 1.29 is 9.84 Å². The molecule has 1 saturated heterocycles. The molecular weight excluding hydrogens is 402 g/mol. The molecule has 0 saturated carbocycles. The highest BCUT2D eigenvalue weighted by Crippen LogP contribution is 2.36. The first-order chi connectivity index (χ1) is 14.5. The largest absolute Gasteiger partial charge is 0.379 e. The maximum atomic E-state index is 11.2. The topological polar surface area (TPSA) is 86.0 Å². The molecule has 4 heterocycles. The van der Waals surface area contributed by atoms with Gasteiger partial charge in [-0.3, -0.25) is 15.0 Å². The van der Waals surface area contributed by atoms with Crippen LogP contribution in [0.15, 0.2) is 36.8 Å². The third-order valence-corrected chi connectivity index (χ3v) is 5.89. The van der Waals surface area contributed by atoms with Crippen molar-refractivity contribution in [1.29, 1.82) is 0 Å². The Labute approximate surface area is 178 Å². The number of ether oxygens (including phenoxy) is 1. The summed E-state index contributed by atoms with van der Waals surface area (Å²) in [7, 11) is 0. The molecule has 8 heteroatoms. The number of aryl methyl sites for hydroxylation is 1. The molecule has 154 valence electrons. The molecule has 1 aromatic carbocycles. The van der Waals surface area contributed by atoms with Crippen LogP contribution in [0.25, 0.3) is 21.9 Å². The molecule has 4 aromatic rings.